The molecule has 2 rings (SSSR count). The first kappa shape index (κ1) is 20.6. The molecule has 0 spiro atoms. The van der Waals surface area contributed by atoms with Crippen LogP contribution in [0.2, 0.25) is 0 Å². The van der Waals surface area contributed by atoms with Gasteiger partial charge in [-0.2, -0.15) is 0 Å². The number of aliphatic imine (C=N–C) groups is 1. The van der Waals surface area contributed by atoms with Crippen LogP contribution in [0.15, 0.2) is 27.7 Å². The fourth-order valence-corrected chi connectivity index (χ4v) is 3.15. The fraction of sp³-hybridized carbons (Fsp3) is 0.562. The summed E-state index contributed by atoms with van der Waals surface area (Å²) in [7, 11) is 1.75. The molecule has 0 radical (unpaired) electrons. The molecule has 1 aliphatic rings. The number of nitrogens with one attached hydrogen (secondary N) is 2. The zero-order valence-electron chi connectivity index (χ0n) is 13.4. The summed E-state index contributed by atoms with van der Waals surface area (Å²) in [4.78, 5) is 6.68. The number of piperidine rings is 1. The Balaban J connectivity index is 0.00000264. The van der Waals surface area contributed by atoms with E-state index in [2.05, 4.69) is 36.5 Å². The van der Waals surface area contributed by atoms with Crippen molar-refractivity contribution in [2.24, 2.45) is 4.99 Å². The van der Waals surface area contributed by atoms with Gasteiger partial charge in [-0.3, -0.25) is 4.99 Å². The summed E-state index contributed by atoms with van der Waals surface area (Å²) in [6, 6.07) is 4.88. The topological polar surface area (TPSA) is 39.7 Å². The lowest BCUT2D eigenvalue weighted by atomic mass is 10.1. The van der Waals surface area contributed by atoms with Crippen LogP contribution in [-0.2, 0) is 6.54 Å². The zero-order valence-corrected chi connectivity index (χ0v) is 17.4. The van der Waals surface area contributed by atoms with E-state index in [1.165, 1.54) is 44.5 Å². The van der Waals surface area contributed by atoms with E-state index in [4.69, 9.17) is 0 Å². The largest absolute Gasteiger partial charge is 0.355 e. The van der Waals surface area contributed by atoms with Gasteiger partial charge in [0.05, 0.1) is 0 Å². The van der Waals surface area contributed by atoms with Crippen LogP contribution in [0.1, 0.15) is 24.8 Å². The molecule has 1 saturated heterocycles. The summed E-state index contributed by atoms with van der Waals surface area (Å²) in [5.41, 5.74) is 0.880. The third-order valence-electron chi connectivity index (χ3n) is 3.78. The van der Waals surface area contributed by atoms with Crippen LogP contribution in [0.5, 0.6) is 0 Å². The number of hydrogen-bond donors (Lipinski definition) is 2. The van der Waals surface area contributed by atoms with Crippen LogP contribution >= 0.6 is 39.9 Å². The van der Waals surface area contributed by atoms with Crippen molar-refractivity contribution < 1.29 is 4.39 Å². The molecule has 0 atom stereocenters. The van der Waals surface area contributed by atoms with Crippen LogP contribution in [0.25, 0.3) is 0 Å². The Kier molecular flexibility index (Phi) is 10.0. The van der Waals surface area contributed by atoms with Crippen molar-refractivity contribution in [3.8, 4) is 0 Å². The lowest BCUT2D eigenvalue weighted by Crippen LogP contribution is -2.42. The Bertz CT molecular complexity index is 487. The Labute approximate surface area is 163 Å². The molecule has 23 heavy (non-hydrogen) atoms. The summed E-state index contributed by atoms with van der Waals surface area (Å²) in [5, 5.41) is 6.52. The van der Waals surface area contributed by atoms with E-state index in [0.717, 1.165) is 29.1 Å². The molecule has 0 bridgehead atoms. The molecule has 2 N–H and O–H groups in total. The number of benzene rings is 1. The highest BCUT2D eigenvalue weighted by atomic mass is 127. The molecule has 1 fully saturated rings. The van der Waals surface area contributed by atoms with Gasteiger partial charge >= 0.3 is 0 Å². The number of nitrogens with zero attached hydrogens (tertiary/aromatic N) is 2. The van der Waals surface area contributed by atoms with Gasteiger partial charge in [0.25, 0.3) is 0 Å². The Morgan fingerprint density at radius 2 is 1.96 bits per heavy atom. The molecule has 1 aliphatic heterocycles. The van der Waals surface area contributed by atoms with E-state index in [0.29, 0.717) is 6.54 Å². The molecule has 0 saturated carbocycles. The Morgan fingerprint density at radius 3 is 2.61 bits per heavy atom. The third-order valence-corrected chi connectivity index (χ3v) is 4.23. The highest BCUT2D eigenvalue weighted by Crippen LogP contribution is 2.14. The van der Waals surface area contributed by atoms with Crippen LogP contribution < -0.4 is 10.6 Å². The van der Waals surface area contributed by atoms with Crippen molar-refractivity contribution in [1.29, 1.82) is 0 Å². The van der Waals surface area contributed by atoms with Crippen LogP contribution in [0.4, 0.5) is 4.39 Å². The molecule has 1 heterocycles. The van der Waals surface area contributed by atoms with Crippen LogP contribution in [-0.4, -0.2) is 44.1 Å². The van der Waals surface area contributed by atoms with Crippen LogP contribution in [0.3, 0.4) is 0 Å². The average molecular weight is 499 g/mol. The minimum Gasteiger partial charge on any atom is -0.355 e. The van der Waals surface area contributed by atoms with E-state index >= 15 is 0 Å². The van der Waals surface area contributed by atoms with Gasteiger partial charge in [0.15, 0.2) is 5.96 Å². The molecule has 1 aromatic rings. The summed E-state index contributed by atoms with van der Waals surface area (Å²) in [5.74, 6) is 0.511. The van der Waals surface area contributed by atoms with Gasteiger partial charge in [0.2, 0.25) is 0 Å². The van der Waals surface area contributed by atoms with E-state index in [-0.39, 0.29) is 29.8 Å². The number of halogens is 3. The number of likely N-dealkylation sites (tertiary alicyclic amines) is 1. The van der Waals surface area contributed by atoms with Crippen molar-refractivity contribution in [3.05, 3.63) is 34.1 Å². The molecule has 130 valence electrons. The summed E-state index contributed by atoms with van der Waals surface area (Å²) in [6.45, 7) is 4.84. The maximum Gasteiger partial charge on any atom is 0.191 e. The van der Waals surface area contributed by atoms with Crippen molar-refractivity contribution >= 4 is 45.9 Å². The molecule has 0 amide bonds. The second-order valence-electron chi connectivity index (χ2n) is 5.53. The van der Waals surface area contributed by atoms with Crippen molar-refractivity contribution in [3.63, 3.8) is 0 Å². The first-order valence-electron chi connectivity index (χ1n) is 7.79. The van der Waals surface area contributed by atoms with Gasteiger partial charge in [-0.15, -0.1) is 24.0 Å². The normalized spacial score (nSPS) is 15.9. The van der Waals surface area contributed by atoms with E-state index in [1.807, 2.05) is 6.07 Å². The van der Waals surface area contributed by atoms with Crippen molar-refractivity contribution in [2.75, 3.05) is 33.2 Å². The van der Waals surface area contributed by atoms with Gasteiger partial charge in [0.1, 0.15) is 5.82 Å². The Morgan fingerprint density at radius 1 is 1.22 bits per heavy atom. The SMILES string of the molecule is CN=C(NCCN1CCCCC1)NCc1cc(F)cc(Br)c1.I. The predicted molar refractivity (Wildman–Crippen MR) is 108 cm³/mol. The average Bonchev–Trinajstić information content (AvgIpc) is 2.51. The minimum atomic E-state index is -0.237. The molecule has 0 unspecified atom stereocenters. The standard InChI is InChI=1S/C16H24BrFN4.HI/c1-19-16(20-5-8-22-6-3-2-4-7-22)21-12-13-9-14(17)11-15(18)10-13;/h9-11H,2-8,12H2,1H3,(H2,19,20,21);1H. The predicted octanol–water partition coefficient (Wildman–Crippen LogP) is 3.36. The lowest BCUT2D eigenvalue weighted by molar-refractivity contribution is 0.232. The monoisotopic (exact) mass is 498 g/mol. The second kappa shape index (κ2) is 11.2. The number of hydrogen-bond acceptors (Lipinski definition) is 2. The molecule has 0 aromatic heterocycles. The maximum absolute atomic E-state index is 13.3. The molecule has 0 aliphatic carbocycles. The highest BCUT2D eigenvalue weighted by molar-refractivity contribution is 14.0. The first-order valence-corrected chi connectivity index (χ1v) is 8.58. The highest BCUT2D eigenvalue weighted by Gasteiger charge is 2.09. The van der Waals surface area contributed by atoms with Crippen molar-refractivity contribution in [1.82, 2.24) is 15.5 Å². The fourth-order valence-electron chi connectivity index (χ4n) is 2.63. The van der Waals surface area contributed by atoms with E-state index < -0.39 is 0 Å². The summed E-state index contributed by atoms with van der Waals surface area (Å²) >= 11 is 3.30. The number of guanidine groups is 1. The zero-order chi connectivity index (χ0) is 15.8. The lowest BCUT2D eigenvalue weighted by Gasteiger charge is -2.26. The van der Waals surface area contributed by atoms with Gasteiger partial charge in [0, 0.05) is 31.2 Å². The van der Waals surface area contributed by atoms with Gasteiger partial charge in [-0.25, -0.2) is 4.39 Å². The first-order chi connectivity index (χ1) is 10.7. The molecular weight excluding hydrogens is 474 g/mol. The molecular formula is C16H25BrFIN4. The maximum atomic E-state index is 13.3. The van der Waals surface area contributed by atoms with Crippen molar-refractivity contribution in [2.45, 2.75) is 25.8 Å². The smallest absolute Gasteiger partial charge is 0.191 e. The molecule has 1 aromatic carbocycles. The second-order valence-corrected chi connectivity index (χ2v) is 6.45. The van der Waals surface area contributed by atoms with E-state index in [1.54, 1.807) is 7.05 Å². The summed E-state index contributed by atoms with van der Waals surface area (Å²) in [6.07, 6.45) is 3.97. The van der Waals surface area contributed by atoms with Gasteiger partial charge in [-0.05, 0) is 49.7 Å². The Hall–Kier alpha value is -0.410. The molecule has 7 heteroatoms. The van der Waals surface area contributed by atoms with Gasteiger partial charge < -0.3 is 15.5 Å². The quantitative estimate of drug-likeness (QED) is 0.371. The number of rotatable bonds is 5. The summed E-state index contributed by atoms with van der Waals surface area (Å²) < 4.78 is 14.1. The third kappa shape index (κ3) is 7.80. The minimum absolute atomic E-state index is 0. The van der Waals surface area contributed by atoms with E-state index in [9.17, 15) is 4.39 Å². The van der Waals surface area contributed by atoms with Crippen LogP contribution in [0, 0.1) is 5.82 Å². The van der Waals surface area contributed by atoms with Gasteiger partial charge in [-0.1, -0.05) is 22.4 Å². The molecule has 4 nitrogen and oxygen atoms in total.